The number of hydrogen-bond acceptors (Lipinski definition) is 3. The van der Waals surface area contributed by atoms with Crippen molar-refractivity contribution in [2.45, 2.75) is 12.8 Å². The van der Waals surface area contributed by atoms with Crippen LogP contribution in [-0.2, 0) is 4.79 Å². The Hall–Kier alpha value is -2.36. The fraction of sp³-hybridized carbons (Fsp3) is 0.200. The number of aromatic nitrogens is 1. The lowest BCUT2D eigenvalue weighted by Crippen LogP contribution is -2.20. The van der Waals surface area contributed by atoms with Gasteiger partial charge in [-0.05, 0) is 31.2 Å². The molecule has 1 aromatic heterocycles. The summed E-state index contributed by atoms with van der Waals surface area (Å²) in [7, 11) is 0. The number of hydrogen-bond donors (Lipinski definition) is 1. The minimum Gasteiger partial charge on any atom is -0.492 e. The number of aryl methyl sites for hydroxylation is 1. The molecule has 0 spiro atoms. The monoisotopic (exact) mass is 257 g/mol. The fourth-order valence-electron chi connectivity index (χ4n) is 1.68. The van der Waals surface area contributed by atoms with Gasteiger partial charge in [0.2, 0.25) is 0 Å². The summed E-state index contributed by atoms with van der Waals surface area (Å²) in [6.07, 6.45) is 1.58. The number of carboxylic acids is 1. The lowest BCUT2D eigenvalue weighted by molar-refractivity contribution is -0.139. The molecule has 4 nitrogen and oxygen atoms in total. The average molecular weight is 257 g/mol. The number of aliphatic carboxylic acids is 1. The smallest absolute Gasteiger partial charge is 0.316 e. The summed E-state index contributed by atoms with van der Waals surface area (Å²) >= 11 is 0. The van der Waals surface area contributed by atoms with Gasteiger partial charge in [-0.2, -0.15) is 0 Å². The van der Waals surface area contributed by atoms with Crippen molar-refractivity contribution in [2.75, 3.05) is 6.61 Å². The van der Waals surface area contributed by atoms with Crippen molar-refractivity contribution in [3.8, 4) is 5.75 Å². The highest BCUT2D eigenvalue weighted by atomic mass is 16.5. The maximum absolute atomic E-state index is 11.3. The molecule has 2 aromatic rings. The van der Waals surface area contributed by atoms with Gasteiger partial charge >= 0.3 is 5.97 Å². The van der Waals surface area contributed by atoms with Gasteiger partial charge in [-0.3, -0.25) is 9.78 Å². The van der Waals surface area contributed by atoms with Gasteiger partial charge in [-0.1, -0.05) is 23.8 Å². The van der Waals surface area contributed by atoms with Gasteiger partial charge < -0.3 is 9.84 Å². The molecule has 1 unspecified atom stereocenters. The maximum Gasteiger partial charge on any atom is 0.316 e. The van der Waals surface area contributed by atoms with Crippen LogP contribution in [0.2, 0.25) is 0 Å². The Morgan fingerprint density at radius 1 is 1.26 bits per heavy atom. The minimum atomic E-state index is -0.939. The summed E-state index contributed by atoms with van der Waals surface area (Å²) in [4.78, 5) is 15.3. The van der Waals surface area contributed by atoms with Crippen molar-refractivity contribution in [2.24, 2.45) is 0 Å². The maximum atomic E-state index is 11.3. The van der Waals surface area contributed by atoms with E-state index in [1.165, 1.54) is 0 Å². The Kier molecular flexibility index (Phi) is 4.13. The zero-order valence-corrected chi connectivity index (χ0v) is 10.6. The first-order valence-electron chi connectivity index (χ1n) is 6.00. The number of rotatable bonds is 5. The Bertz CT molecular complexity index is 537. The van der Waals surface area contributed by atoms with E-state index in [1.54, 1.807) is 24.4 Å². The molecule has 1 atom stereocenters. The van der Waals surface area contributed by atoms with Crippen LogP contribution in [0.1, 0.15) is 17.2 Å². The molecule has 0 amide bonds. The second kappa shape index (κ2) is 6.00. The van der Waals surface area contributed by atoms with E-state index in [0.717, 1.165) is 5.56 Å². The molecule has 4 heteroatoms. The SMILES string of the molecule is Cc1ccc(OCC(C(=O)O)c2ccccn2)cc1. The topological polar surface area (TPSA) is 59.4 Å². The number of ether oxygens (including phenoxy) is 1. The third-order valence-electron chi connectivity index (χ3n) is 2.78. The standard InChI is InChI=1S/C15H15NO3/c1-11-5-7-12(8-6-11)19-10-13(15(17)18)14-4-2-3-9-16-14/h2-9,13H,10H2,1H3,(H,17,18). The van der Waals surface area contributed by atoms with Gasteiger partial charge in [0.25, 0.3) is 0 Å². The third kappa shape index (κ3) is 3.55. The third-order valence-corrected chi connectivity index (χ3v) is 2.78. The molecule has 98 valence electrons. The van der Waals surface area contributed by atoms with Crippen molar-refractivity contribution >= 4 is 5.97 Å². The van der Waals surface area contributed by atoms with Crippen LogP contribution in [0.25, 0.3) is 0 Å². The Morgan fingerprint density at radius 2 is 2.00 bits per heavy atom. The van der Waals surface area contributed by atoms with E-state index in [0.29, 0.717) is 11.4 Å². The van der Waals surface area contributed by atoms with E-state index in [1.807, 2.05) is 31.2 Å². The summed E-state index contributed by atoms with van der Waals surface area (Å²) in [5, 5.41) is 9.23. The highest BCUT2D eigenvalue weighted by molar-refractivity contribution is 5.75. The van der Waals surface area contributed by atoms with E-state index in [9.17, 15) is 9.90 Å². The summed E-state index contributed by atoms with van der Waals surface area (Å²) < 4.78 is 5.52. The average Bonchev–Trinajstić information content (AvgIpc) is 2.42. The van der Waals surface area contributed by atoms with Gasteiger partial charge in [0.15, 0.2) is 0 Å². The molecular formula is C15H15NO3. The van der Waals surface area contributed by atoms with E-state index in [2.05, 4.69) is 4.98 Å². The van der Waals surface area contributed by atoms with Crippen molar-refractivity contribution in [3.63, 3.8) is 0 Å². The molecule has 2 rings (SSSR count). The second-order valence-electron chi connectivity index (χ2n) is 4.27. The van der Waals surface area contributed by atoms with Gasteiger partial charge in [0.05, 0.1) is 5.69 Å². The number of pyridine rings is 1. The van der Waals surface area contributed by atoms with Crippen LogP contribution in [0.3, 0.4) is 0 Å². The van der Waals surface area contributed by atoms with Crippen LogP contribution < -0.4 is 4.74 Å². The Morgan fingerprint density at radius 3 is 2.58 bits per heavy atom. The minimum absolute atomic E-state index is 0.0649. The molecule has 0 saturated carbocycles. The van der Waals surface area contributed by atoms with Gasteiger partial charge in [0, 0.05) is 6.20 Å². The van der Waals surface area contributed by atoms with Crippen LogP contribution in [0.15, 0.2) is 48.7 Å². The van der Waals surface area contributed by atoms with E-state index in [4.69, 9.17) is 4.74 Å². The van der Waals surface area contributed by atoms with Crippen LogP contribution in [-0.4, -0.2) is 22.7 Å². The molecule has 19 heavy (non-hydrogen) atoms. The first kappa shape index (κ1) is 13.1. The predicted molar refractivity (Wildman–Crippen MR) is 71.3 cm³/mol. The zero-order chi connectivity index (χ0) is 13.7. The molecule has 0 aliphatic heterocycles. The van der Waals surface area contributed by atoms with Crippen molar-refractivity contribution in [1.82, 2.24) is 4.98 Å². The highest BCUT2D eigenvalue weighted by Gasteiger charge is 2.21. The molecule has 1 aromatic carbocycles. The number of carboxylic acid groups (broad SMARTS) is 1. The van der Waals surface area contributed by atoms with Gasteiger partial charge in [-0.15, -0.1) is 0 Å². The van der Waals surface area contributed by atoms with E-state index >= 15 is 0 Å². The molecule has 0 saturated heterocycles. The van der Waals surface area contributed by atoms with Gasteiger partial charge in [-0.25, -0.2) is 0 Å². The van der Waals surface area contributed by atoms with Crippen molar-refractivity contribution < 1.29 is 14.6 Å². The van der Waals surface area contributed by atoms with E-state index in [-0.39, 0.29) is 6.61 Å². The first-order valence-corrected chi connectivity index (χ1v) is 6.00. The highest BCUT2D eigenvalue weighted by Crippen LogP contribution is 2.17. The molecule has 1 N–H and O–H groups in total. The molecule has 1 heterocycles. The quantitative estimate of drug-likeness (QED) is 0.894. The summed E-state index contributed by atoms with van der Waals surface area (Å²) in [5.41, 5.74) is 1.63. The number of carbonyl (C=O) groups is 1. The normalized spacial score (nSPS) is 11.8. The van der Waals surface area contributed by atoms with Crippen LogP contribution >= 0.6 is 0 Å². The zero-order valence-electron chi connectivity index (χ0n) is 10.6. The lowest BCUT2D eigenvalue weighted by atomic mass is 10.1. The predicted octanol–water partition coefficient (Wildman–Crippen LogP) is 2.64. The molecule has 0 bridgehead atoms. The van der Waals surface area contributed by atoms with E-state index < -0.39 is 11.9 Å². The van der Waals surface area contributed by atoms with Crippen LogP contribution in [0.4, 0.5) is 0 Å². The molecule has 0 aliphatic carbocycles. The molecular weight excluding hydrogens is 242 g/mol. The second-order valence-corrected chi connectivity index (χ2v) is 4.27. The lowest BCUT2D eigenvalue weighted by Gasteiger charge is -2.13. The summed E-state index contributed by atoms with van der Waals surface area (Å²) in [5.74, 6) is -1.04. The summed E-state index contributed by atoms with van der Waals surface area (Å²) in [6, 6.07) is 12.7. The van der Waals surface area contributed by atoms with Crippen molar-refractivity contribution in [3.05, 3.63) is 59.9 Å². The molecule has 0 aliphatic rings. The van der Waals surface area contributed by atoms with Crippen LogP contribution in [0, 0.1) is 6.92 Å². The van der Waals surface area contributed by atoms with Gasteiger partial charge in [0.1, 0.15) is 18.3 Å². The van der Waals surface area contributed by atoms with Crippen molar-refractivity contribution in [1.29, 1.82) is 0 Å². The largest absolute Gasteiger partial charge is 0.492 e. The summed E-state index contributed by atoms with van der Waals surface area (Å²) in [6.45, 7) is 2.05. The Labute approximate surface area is 111 Å². The fourth-order valence-corrected chi connectivity index (χ4v) is 1.68. The first-order chi connectivity index (χ1) is 9.16. The Balaban J connectivity index is 2.06. The van der Waals surface area contributed by atoms with Crippen LogP contribution in [0.5, 0.6) is 5.75 Å². The molecule has 0 radical (unpaired) electrons. The molecule has 0 fully saturated rings. The number of nitrogens with zero attached hydrogens (tertiary/aromatic N) is 1. The number of benzene rings is 1.